The van der Waals surface area contributed by atoms with Crippen LogP contribution in [0.25, 0.3) is 11.1 Å². The summed E-state index contributed by atoms with van der Waals surface area (Å²) in [4.78, 5) is 29.2. The van der Waals surface area contributed by atoms with Crippen LogP contribution < -0.4 is 15.9 Å². The molecule has 0 bridgehead atoms. The fourth-order valence-electron chi connectivity index (χ4n) is 2.99. The first-order chi connectivity index (χ1) is 12.5. The topological polar surface area (TPSA) is 92.7 Å². The van der Waals surface area contributed by atoms with E-state index in [2.05, 4.69) is 15.4 Å². The number of nitrogens with one attached hydrogen (secondary N) is 1. The van der Waals surface area contributed by atoms with Crippen LogP contribution in [0.5, 0.6) is 0 Å². The third-order valence-corrected chi connectivity index (χ3v) is 4.29. The SMILES string of the molecule is Cc1oc2ncn(C)c(=O)c2c1C(=O)NC1=NN(c2ccccc2)CC1. The summed E-state index contributed by atoms with van der Waals surface area (Å²) in [5.41, 5.74) is 1.00. The zero-order valence-electron chi connectivity index (χ0n) is 14.4. The fourth-order valence-corrected chi connectivity index (χ4v) is 2.99. The number of hydrogen-bond donors (Lipinski definition) is 1. The Morgan fingerprint density at radius 2 is 2.04 bits per heavy atom. The summed E-state index contributed by atoms with van der Waals surface area (Å²) in [6.45, 7) is 2.32. The number of para-hydroxylation sites is 1. The van der Waals surface area contributed by atoms with Crippen LogP contribution in [0, 0.1) is 6.92 Å². The van der Waals surface area contributed by atoms with Crippen molar-refractivity contribution in [1.82, 2.24) is 14.9 Å². The highest BCUT2D eigenvalue weighted by Crippen LogP contribution is 2.22. The van der Waals surface area contributed by atoms with Crippen molar-refractivity contribution < 1.29 is 9.21 Å². The maximum Gasteiger partial charge on any atom is 0.265 e. The molecule has 1 aliphatic heterocycles. The molecular weight excluding hydrogens is 334 g/mol. The quantitative estimate of drug-likeness (QED) is 0.760. The van der Waals surface area contributed by atoms with E-state index in [9.17, 15) is 9.59 Å². The normalized spacial score (nSPS) is 13.9. The number of hydrazone groups is 1. The highest BCUT2D eigenvalue weighted by Gasteiger charge is 2.25. The molecule has 0 aliphatic carbocycles. The lowest BCUT2D eigenvalue weighted by Crippen LogP contribution is -2.31. The van der Waals surface area contributed by atoms with E-state index >= 15 is 0 Å². The molecule has 0 radical (unpaired) electrons. The van der Waals surface area contributed by atoms with E-state index < -0.39 is 5.91 Å². The first kappa shape index (κ1) is 16.1. The van der Waals surface area contributed by atoms with Crippen LogP contribution in [-0.2, 0) is 7.05 Å². The van der Waals surface area contributed by atoms with Crippen LogP contribution in [0.4, 0.5) is 5.69 Å². The molecule has 3 heterocycles. The number of aromatic nitrogens is 2. The predicted octanol–water partition coefficient (Wildman–Crippen LogP) is 1.79. The molecule has 0 unspecified atom stereocenters. The van der Waals surface area contributed by atoms with Gasteiger partial charge in [0.1, 0.15) is 23.3 Å². The van der Waals surface area contributed by atoms with Crippen LogP contribution in [0.1, 0.15) is 22.5 Å². The summed E-state index contributed by atoms with van der Waals surface area (Å²) in [6.07, 6.45) is 1.97. The number of furan rings is 1. The van der Waals surface area contributed by atoms with Crippen molar-refractivity contribution in [2.24, 2.45) is 12.1 Å². The molecule has 0 saturated carbocycles. The first-order valence-corrected chi connectivity index (χ1v) is 8.20. The molecule has 8 heteroatoms. The number of hydrogen-bond acceptors (Lipinski definition) is 6. The Morgan fingerprint density at radius 1 is 1.27 bits per heavy atom. The molecule has 8 nitrogen and oxygen atoms in total. The van der Waals surface area contributed by atoms with Crippen molar-refractivity contribution in [2.75, 3.05) is 11.6 Å². The average Bonchev–Trinajstić information content (AvgIpc) is 3.23. The Bertz CT molecular complexity index is 1080. The maximum absolute atomic E-state index is 12.8. The lowest BCUT2D eigenvalue weighted by molar-refractivity contribution is 0.0976. The zero-order valence-corrected chi connectivity index (χ0v) is 14.4. The van der Waals surface area contributed by atoms with Gasteiger partial charge in [0.15, 0.2) is 0 Å². The molecule has 0 atom stereocenters. The van der Waals surface area contributed by atoms with Gasteiger partial charge in [0.2, 0.25) is 5.71 Å². The van der Waals surface area contributed by atoms with E-state index in [1.165, 1.54) is 10.9 Å². The van der Waals surface area contributed by atoms with Gasteiger partial charge in [0.05, 0.1) is 11.3 Å². The number of aryl methyl sites for hydroxylation is 2. The predicted molar refractivity (Wildman–Crippen MR) is 97.3 cm³/mol. The van der Waals surface area contributed by atoms with Gasteiger partial charge in [-0.15, -0.1) is 0 Å². The standard InChI is InChI=1S/C18H17N5O3/c1-11-14(15-17(26-11)19-10-22(2)18(15)25)16(24)20-13-8-9-23(21-13)12-6-4-3-5-7-12/h3-7,10H,8-9H2,1-2H3,(H,20,21,24). The Kier molecular flexibility index (Phi) is 3.80. The molecule has 3 aromatic rings. The van der Waals surface area contributed by atoms with Crippen LogP contribution in [-0.4, -0.2) is 27.8 Å². The number of carbonyl (C=O) groups excluding carboxylic acids is 1. The van der Waals surface area contributed by atoms with Crippen LogP contribution in [0.3, 0.4) is 0 Å². The summed E-state index contributed by atoms with van der Waals surface area (Å²) in [6, 6.07) is 9.72. The molecule has 0 saturated heterocycles. The first-order valence-electron chi connectivity index (χ1n) is 8.20. The van der Waals surface area contributed by atoms with Gasteiger partial charge in [-0.1, -0.05) is 18.2 Å². The number of fused-ring (bicyclic) bond motifs is 1. The van der Waals surface area contributed by atoms with Gasteiger partial charge in [0, 0.05) is 20.0 Å². The van der Waals surface area contributed by atoms with Crippen LogP contribution in [0.2, 0.25) is 0 Å². The lowest BCUT2D eigenvalue weighted by atomic mass is 10.1. The number of benzene rings is 1. The minimum atomic E-state index is -0.417. The zero-order chi connectivity index (χ0) is 18.3. The summed E-state index contributed by atoms with van der Waals surface area (Å²) < 4.78 is 6.79. The number of amides is 1. The largest absolute Gasteiger partial charge is 0.442 e. The van der Waals surface area contributed by atoms with E-state index in [1.54, 1.807) is 14.0 Å². The van der Waals surface area contributed by atoms with Crippen molar-refractivity contribution >= 4 is 28.5 Å². The van der Waals surface area contributed by atoms with Gasteiger partial charge < -0.3 is 14.3 Å². The molecule has 1 N–H and O–H groups in total. The van der Waals surface area contributed by atoms with Crippen LogP contribution in [0.15, 0.2) is 51.0 Å². The highest BCUT2D eigenvalue weighted by molar-refractivity contribution is 6.13. The monoisotopic (exact) mass is 351 g/mol. The Balaban J connectivity index is 1.64. The lowest BCUT2D eigenvalue weighted by Gasteiger charge is -2.12. The summed E-state index contributed by atoms with van der Waals surface area (Å²) in [5, 5.41) is 9.25. The molecular formula is C18H17N5O3. The van der Waals surface area contributed by atoms with Gasteiger partial charge in [-0.05, 0) is 19.1 Å². The highest BCUT2D eigenvalue weighted by atomic mass is 16.3. The second-order valence-electron chi connectivity index (χ2n) is 6.08. The Morgan fingerprint density at radius 3 is 2.81 bits per heavy atom. The molecule has 0 fully saturated rings. The van der Waals surface area contributed by atoms with E-state index in [4.69, 9.17) is 4.42 Å². The molecule has 1 aliphatic rings. The molecule has 26 heavy (non-hydrogen) atoms. The van der Waals surface area contributed by atoms with Crippen molar-refractivity contribution in [3.8, 4) is 0 Å². The van der Waals surface area contributed by atoms with Gasteiger partial charge in [-0.2, -0.15) is 5.10 Å². The molecule has 2 aromatic heterocycles. The Labute approximate surface area is 148 Å². The minimum absolute atomic E-state index is 0.162. The third kappa shape index (κ3) is 2.65. The summed E-state index contributed by atoms with van der Waals surface area (Å²) >= 11 is 0. The molecule has 1 amide bonds. The molecule has 132 valence electrons. The molecule has 4 rings (SSSR count). The number of anilines is 1. The van der Waals surface area contributed by atoms with E-state index in [0.29, 0.717) is 24.6 Å². The van der Waals surface area contributed by atoms with Crippen molar-refractivity contribution in [2.45, 2.75) is 13.3 Å². The van der Waals surface area contributed by atoms with E-state index in [1.807, 2.05) is 35.3 Å². The maximum atomic E-state index is 12.8. The summed E-state index contributed by atoms with van der Waals surface area (Å²) in [7, 11) is 1.58. The Hall–Kier alpha value is -3.42. The average molecular weight is 351 g/mol. The van der Waals surface area contributed by atoms with E-state index in [0.717, 1.165) is 5.69 Å². The number of amidine groups is 1. The second-order valence-corrected chi connectivity index (χ2v) is 6.08. The van der Waals surface area contributed by atoms with Gasteiger partial charge in [-0.3, -0.25) is 14.6 Å². The van der Waals surface area contributed by atoms with Gasteiger partial charge in [0.25, 0.3) is 11.5 Å². The van der Waals surface area contributed by atoms with Crippen molar-refractivity contribution in [1.29, 1.82) is 0 Å². The molecule has 0 spiro atoms. The fraction of sp³-hybridized carbons (Fsp3) is 0.222. The van der Waals surface area contributed by atoms with E-state index in [-0.39, 0.29) is 22.2 Å². The number of carbonyl (C=O) groups is 1. The van der Waals surface area contributed by atoms with Crippen LogP contribution >= 0.6 is 0 Å². The number of rotatable bonds is 2. The van der Waals surface area contributed by atoms with Gasteiger partial charge in [-0.25, -0.2) is 4.98 Å². The van der Waals surface area contributed by atoms with Crippen molar-refractivity contribution in [3.05, 3.63) is 58.3 Å². The second kappa shape index (κ2) is 6.14. The minimum Gasteiger partial charge on any atom is -0.442 e. The van der Waals surface area contributed by atoms with Gasteiger partial charge >= 0.3 is 0 Å². The summed E-state index contributed by atoms with van der Waals surface area (Å²) in [5.74, 6) is 0.486. The van der Waals surface area contributed by atoms with Crippen molar-refractivity contribution in [3.63, 3.8) is 0 Å². The number of nitrogens with zero attached hydrogens (tertiary/aromatic N) is 4. The molecule has 1 aromatic carbocycles. The third-order valence-electron chi connectivity index (χ3n) is 4.29. The smallest absolute Gasteiger partial charge is 0.265 e.